The molecular formula is C44H27N5O. The van der Waals surface area contributed by atoms with E-state index in [1.807, 2.05) is 60.8 Å². The molecule has 4 aromatic heterocycles. The lowest BCUT2D eigenvalue weighted by Gasteiger charge is -2.11. The molecule has 0 saturated heterocycles. The Balaban J connectivity index is 1.09. The fourth-order valence-corrected chi connectivity index (χ4v) is 6.93. The number of pyridine rings is 1. The highest BCUT2D eigenvalue weighted by Gasteiger charge is 2.17. The summed E-state index contributed by atoms with van der Waals surface area (Å²) in [7, 11) is 0. The number of hydrogen-bond donors (Lipinski definition) is 0. The summed E-state index contributed by atoms with van der Waals surface area (Å²) in [6.45, 7) is 0. The lowest BCUT2D eigenvalue weighted by atomic mass is 10.0. The molecule has 234 valence electrons. The maximum absolute atomic E-state index is 6.17. The molecule has 0 spiro atoms. The largest absolute Gasteiger partial charge is 0.456 e. The second-order valence-electron chi connectivity index (χ2n) is 12.4. The number of hydrogen-bond acceptors (Lipinski definition) is 5. The summed E-state index contributed by atoms with van der Waals surface area (Å²) in [6.07, 6.45) is 3.57. The number of aromatic nitrogens is 5. The molecule has 50 heavy (non-hydrogen) atoms. The Morgan fingerprint density at radius 1 is 0.400 bits per heavy atom. The minimum Gasteiger partial charge on any atom is -0.456 e. The number of para-hydroxylation sites is 1. The van der Waals surface area contributed by atoms with Crippen molar-refractivity contribution in [3.05, 3.63) is 164 Å². The Hall–Kier alpha value is -6.92. The second kappa shape index (κ2) is 11.4. The van der Waals surface area contributed by atoms with Crippen molar-refractivity contribution in [2.24, 2.45) is 0 Å². The third-order valence-electron chi connectivity index (χ3n) is 9.36. The van der Waals surface area contributed by atoms with E-state index in [1.165, 1.54) is 21.9 Å². The van der Waals surface area contributed by atoms with Crippen LogP contribution in [0, 0.1) is 0 Å². The molecule has 0 fully saturated rings. The van der Waals surface area contributed by atoms with Crippen molar-refractivity contribution in [3.8, 4) is 51.0 Å². The molecule has 0 aliphatic carbocycles. The second-order valence-corrected chi connectivity index (χ2v) is 12.4. The summed E-state index contributed by atoms with van der Waals surface area (Å²) in [5.74, 6) is 1.79. The molecule has 0 saturated carbocycles. The molecule has 0 aliphatic rings. The summed E-state index contributed by atoms with van der Waals surface area (Å²) in [4.78, 5) is 19.2. The van der Waals surface area contributed by atoms with Gasteiger partial charge in [-0.05, 0) is 71.8 Å². The molecule has 0 aliphatic heterocycles. The zero-order chi connectivity index (χ0) is 33.0. The van der Waals surface area contributed by atoms with Gasteiger partial charge in [0.15, 0.2) is 17.5 Å². The molecule has 10 aromatic rings. The van der Waals surface area contributed by atoms with Crippen molar-refractivity contribution >= 4 is 43.7 Å². The first-order valence-electron chi connectivity index (χ1n) is 16.5. The Morgan fingerprint density at radius 2 is 1.02 bits per heavy atom. The highest BCUT2D eigenvalue weighted by atomic mass is 16.3. The molecule has 0 amide bonds. The number of nitrogens with zero attached hydrogens (tertiary/aromatic N) is 5. The van der Waals surface area contributed by atoms with Crippen LogP contribution in [0.5, 0.6) is 0 Å². The van der Waals surface area contributed by atoms with Gasteiger partial charge < -0.3 is 8.98 Å². The minimum absolute atomic E-state index is 0.579. The lowest BCUT2D eigenvalue weighted by Crippen LogP contribution is -2.00. The van der Waals surface area contributed by atoms with Crippen molar-refractivity contribution in [2.75, 3.05) is 0 Å². The van der Waals surface area contributed by atoms with E-state index in [2.05, 4.69) is 107 Å². The molecule has 10 rings (SSSR count). The maximum atomic E-state index is 6.17. The van der Waals surface area contributed by atoms with Crippen LogP contribution in [-0.4, -0.2) is 24.5 Å². The fourth-order valence-electron chi connectivity index (χ4n) is 6.93. The van der Waals surface area contributed by atoms with E-state index >= 15 is 0 Å². The van der Waals surface area contributed by atoms with Gasteiger partial charge in [0.05, 0.1) is 11.0 Å². The van der Waals surface area contributed by atoms with Crippen LogP contribution in [0.4, 0.5) is 0 Å². The van der Waals surface area contributed by atoms with E-state index in [4.69, 9.17) is 19.4 Å². The van der Waals surface area contributed by atoms with E-state index in [9.17, 15) is 0 Å². The number of fused-ring (bicyclic) bond motifs is 6. The topological polar surface area (TPSA) is 69.6 Å². The predicted octanol–water partition coefficient (Wildman–Crippen LogP) is 10.9. The summed E-state index contributed by atoms with van der Waals surface area (Å²) >= 11 is 0. The SMILES string of the molecule is c1ccc(-c2ccc3c(c2)c2ccccc2n3-c2ccc(-c3nc(-c4ccccc4)nc(-c4ccc5c(c4)oc4ccncc45)n3)cc2)cc1. The average molecular weight is 642 g/mol. The standard InChI is InChI=1S/C44H27N5O/c1-3-9-28(10-4-1)31-18-22-39-36(25-31)34-13-7-8-14-38(34)49(39)33-19-15-30(16-20-33)43-46-42(29-11-5-2-6-12-29)47-44(48-43)32-17-21-35-37-27-45-24-23-40(37)50-41(35)26-32/h1-27H. The number of benzene rings is 6. The van der Waals surface area contributed by atoms with Crippen molar-refractivity contribution < 1.29 is 4.42 Å². The van der Waals surface area contributed by atoms with Gasteiger partial charge in [-0.1, -0.05) is 91.0 Å². The first-order valence-corrected chi connectivity index (χ1v) is 16.5. The monoisotopic (exact) mass is 641 g/mol. The molecule has 0 atom stereocenters. The molecular weight excluding hydrogens is 615 g/mol. The summed E-state index contributed by atoms with van der Waals surface area (Å²) in [6, 6.07) is 52.3. The van der Waals surface area contributed by atoms with Crippen LogP contribution >= 0.6 is 0 Å². The zero-order valence-corrected chi connectivity index (χ0v) is 26.7. The molecule has 4 heterocycles. The van der Waals surface area contributed by atoms with Crippen molar-refractivity contribution in [2.45, 2.75) is 0 Å². The van der Waals surface area contributed by atoms with Crippen LogP contribution < -0.4 is 0 Å². The Bertz CT molecular complexity index is 2860. The Morgan fingerprint density at radius 3 is 1.80 bits per heavy atom. The molecule has 0 radical (unpaired) electrons. The molecule has 0 N–H and O–H groups in total. The summed E-state index contributed by atoms with van der Waals surface area (Å²) < 4.78 is 8.50. The van der Waals surface area contributed by atoms with Gasteiger partial charge in [-0.15, -0.1) is 0 Å². The first-order chi connectivity index (χ1) is 24.8. The summed E-state index contributed by atoms with van der Waals surface area (Å²) in [5.41, 5.74) is 10.0. The highest BCUT2D eigenvalue weighted by Crippen LogP contribution is 2.36. The van der Waals surface area contributed by atoms with E-state index in [-0.39, 0.29) is 0 Å². The van der Waals surface area contributed by atoms with Gasteiger partial charge in [-0.2, -0.15) is 0 Å². The predicted molar refractivity (Wildman–Crippen MR) is 201 cm³/mol. The van der Waals surface area contributed by atoms with E-state index < -0.39 is 0 Å². The Labute approximate surface area is 287 Å². The van der Waals surface area contributed by atoms with Crippen LogP contribution in [-0.2, 0) is 0 Å². The van der Waals surface area contributed by atoms with Gasteiger partial charge in [-0.25, -0.2) is 15.0 Å². The van der Waals surface area contributed by atoms with Crippen molar-refractivity contribution in [1.29, 1.82) is 0 Å². The smallest absolute Gasteiger partial charge is 0.164 e. The van der Waals surface area contributed by atoms with Gasteiger partial charge in [0.25, 0.3) is 0 Å². The van der Waals surface area contributed by atoms with Crippen LogP contribution in [0.25, 0.3) is 94.7 Å². The van der Waals surface area contributed by atoms with Crippen molar-refractivity contribution in [3.63, 3.8) is 0 Å². The Kier molecular flexibility index (Phi) is 6.39. The third kappa shape index (κ3) is 4.65. The van der Waals surface area contributed by atoms with E-state index in [1.54, 1.807) is 6.20 Å². The van der Waals surface area contributed by atoms with Gasteiger partial charge >= 0.3 is 0 Å². The van der Waals surface area contributed by atoms with Gasteiger partial charge in [0.1, 0.15) is 11.2 Å². The molecule has 6 aromatic carbocycles. The van der Waals surface area contributed by atoms with Crippen molar-refractivity contribution in [1.82, 2.24) is 24.5 Å². The molecule has 0 bridgehead atoms. The third-order valence-corrected chi connectivity index (χ3v) is 9.36. The molecule has 6 heteroatoms. The van der Waals surface area contributed by atoms with Crippen LogP contribution in [0.2, 0.25) is 0 Å². The normalized spacial score (nSPS) is 11.6. The van der Waals surface area contributed by atoms with E-state index in [0.717, 1.165) is 55.3 Å². The average Bonchev–Trinajstić information content (AvgIpc) is 3.73. The first kappa shape index (κ1) is 28.1. The van der Waals surface area contributed by atoms with Gasteiger partial charge in [-0.3, -0.25) is 4.98 Å². The lowest BCUT2D eigenvalue weighted by molar-refractivity contribution is 0.668. The number of furan rings is 1. The minimum atomic E-state index is 0.579. The van der Waals surface area contributed by atoms with Crippen LogP contribution in [0.1, 0.15) is 0 Å². The van der Waals surface area contributed by atoms with Crippen LogP contribution in [0.15, 0.2) is 168 Å². The highest BCUT2D eigenvalue weighted by molar-refractivity contribution is 6.10. The summed E-state index contributed by atoms with van der Waals surface area (Å²) in [5, 5.41) is 4.43. The molecule has 0 unspecified atom stereocenters. The number of rotatable bonds is 5. The van der Waals surface area contributed by atoms with Crippen LogP contribution in [0.3, 0.4) is 0 Å². The van der Waals surface area contributed by atoms with E-state index in [0.29, 0.717) is 17.5 Å². The quantitative estimate of drug-likeness (QED) is 0.187. The van der Waals surface area contributed by atoms with Gasteiger partial charge in [0.2, 0.25) is 0 Å². The maximum Gasteiger partial charge on any atom is 0.164 e. The fraction of sp³-hybridized carbons (Fsp3) is 0. The molecule has 6 nitrogen and oxygen atoms in total. The van der Waals surface area contributed by atoms with Gasteiger partial charge in [0, 0.05) is 56.3 Å². The zero-order valence-electron chi connectivity index (χ0n) is 26.7.